The summed E-state index contributed by atoms with van der Waals surface area (Å²) in [5, 5.41) is 7.35. The van der Waals surface area contributed by atoms with Crippen LogP contribution in [0.1, 0.15) is 25.0 Å². The molecule has 0 spiro atoms. The molecular weight excluding hydrogens is 739 g/mol. The van der Waals surface area contributed by atoms with Crippen molar-refractivity contribution in [3.8, 4) is 44.5 Å². The van der Waals surface area contributed by atoms with Gasteiger partial charge in [-0.1, -0.05) is 178 Å². The molecule has 0 bridgehead atoms. The minimum absolute atomic E-state index is 0.186. The van der Waals surface area contributed by atoms with Gasteiger partial charge in [-0.25, -0.2) is 0 Å². The summed E-state index contributed by atoms with van der Waals surface area (Å²) in [6.07, 6.45) is 0. The lowest BCUT2D eigenvalue weighted by Crippen LogP contribution is -2.16. The predicted molar refractivity (Wildman–Crippen MR) is 257 cm³/mol. The minimum Gasteiger partial charge on any atom is -0.455 e. The third-order valence-corrected chi connectivity index (χ3v) is 13.1. The van der Waals surface area contributed by atoms with E-state index in [0.29, 0.717) is 0 Å². The number of anilines is 3. The van der Waals surface area contributed by atoms with Crippen LogP contribution in [0.2, 0.25) is 0 Å². The molecule has 61 heavy (non-hydrogen) atoms. The molecule has 0 fully saturated rings. The van der Waals surface area contributed by atoms with Crippen LogP contribution in [0.4, 0.5) is 17.1 Å². The molecule has 2 heteroatoms. The summed E-state index contributed by atoms with van der Waals surface area (Å²) in [5.74, 6) is 0. The Balaban J connectivity index is 0.972. The molecule has 11 aromatic rings. The number of hydrogen-bond donors (Lipinski definition) is 0. The Morgan fingerprint density at radius 2 is 0.918 bits per heavy atom. The smallest absolute Gasteiger partial charge is 0.143 e. The van der Waals surface area contributed by atoms with Crippen LogP contribution in [0.5, 0.6) is 0 Å². The first-order valence-corrected chi connectivity index (χ1v) is 21.2. The van der Waals surface area contributed by atoms with E-state index in [2.05, 4.69) is 219 Å². The molecular formula is C59H41NO. The zero-order valence-corrected chi connectivity index (χ0v) is 34.1. The standard InChI is InChI=1S/C59H41NO/c1-59(2)55-36-42(38-12-4-3-5-13-38)27-34-51(55)52-35-32-45(37-56(52)59)60(44-30-24-41(25-31-44)48-18-11-20-54-53-16-8-9-21-57(53)61-58(48)54)43-28-22-40(23-29-43)47-17-10-19-49-46-15-7-6-14-39(46)26-33-50(47)49/h3-37H,1-2H3. The van der Waals surface area contributed by atoms with Gasteiger partial charge < -0.3 is 9.32 Å². The zero-order chi connectivity index (χ0) is 40.7. The number of benzene rings is 10. The number of hydrogen-bond acceptors (Lipinski definition) is 2. The van der Waals surface area contributed by atoms with Crippen molar-refractivity contribution in [2.24, 2.45) is 0 Å². The fourth-order valence-corrected chi connectivity index (χ4v) is 9.97. The summed E-state index contributed by atoms with van der Waals surface area (Å²) in [5.41, 5.74) is 17.4. The lowest BCUT2D eigenvalue weighted by molar-refractivity contribution is 0.660. The van der Waals surface area contributed by atoms with Gasteiger partial charge in [0.15, 0.2) is 0 Å². The molecule has 0 saturated heterocycles. The minimum atomic E-state index is -0.186. The van der Waals surface area contributed by atoms with Gasteiger partial charge in [-0.05, 0) is 120 Å². The molecule has 0 atom stereocenters. The second kappa shape index (κ2) is 13.7. The highest BCUT2D eigenvalue weighted by Crippen LogP contribution is 2.52. The van der Waals surface area contributed by atoms with Crippen molar-refractivity contribution in [1.29, 1.82) is 0 Å². The fourth-order valence-electron chi connectivity index (χ4n) is 9.97. The molecule has 0 radical (unpaired) electrons. The van der Waals surface area contributed by atoms with E-state index in [9.17, 15) is 0 Å². The third-order valence-electron chi connectivity index (χ3n) is 13.1. The van der Waals surface area contributed by atoms with E-state index in [1.807, 2.05) is 12.1 Å². The molecule has 0 amide bonds. The molecule has 12 rings (SSSR count). The Morgan fingerprint density at radius 1 is 0.344 bits per heavy atom. The summed E-state index contributed by atoms with van der Waals surface area (Å²) in [6, 6.07) is 77.4. The van der Waals surface area contributed by atoms with Gasteiger partial charge in [0.05, 0.1) is 0 Å². The monoisotopic (exact) mass is 779 g/mol. The van der Waals surface area contributed by atoms with Crippen molar-refractivity contribution in [3.05, 3.63) is 223 Å². The van der Waals surface area contributed by atoms with Crippen molar-refractivity contribution in [2.75, 3.05) is 4.90 Å². The van der Waals surface area contributed by atoms with Crippen molar-refractivity contribution < 1.29 is 4.42 Å². The van der Waals surface area contributed by atoms with Crippen molar-refractivity contribution in [3.63, 3.8) is 0 Å². The first kappa shape index (κ1) is 35.3. The molecule has 1 aliphatic rings. The highest BCUT2D eigenvalue weighted by molar-refractivity contribution is 6.12. The van der Waals surface area contributed by atoms with E-state index in [1.54, 1.807) is 0 Å². The second-order valence-corrected chi connectivity index (χ2v) is 16.9. The second-order valence-electron chi connectivity index (χ2n) is 16.9. The molecule has 10 aromatic carbocycles. The van der Waals surface area contributed by atoms with Gasteiger partial charge in [0, 0.05) is 38.8 Å². The van der Waals surface area contributed by atoms with Crippen LogP contribution in [0.25, 0.3) is 88.0 Å². The Labute approximate surface area is 355 Å². The van der Waals surface area contributed by atoms with Gasteiger partial charge in [-0.2, -0.15) is 0 Å². The Morgan fingerprint density at radius 3 is 1.69 bits per heavy atom. The van der Waals surface area contributed by atoms with Crippen LogP contribution >= 0.6 is 0 Å². The van der Waals surface area contributed by atoms with Crippen LogP contribution in [-0.4, -0.2) is 0 Å². The predicted octanol–water partition coefficient (Wildman–Crippen LogP) is 16.7. The molecule has 0 unspecified atom stereocenters. The van der Waals surface area contributed by atoms with E-state index < -0.39 is 0 Å². The first-order valence-electron chi connectivity index (χ1n) is 21.2. The topological polar surface area (TPSA) is 16.4 Å². The van der Waals surface area contributed by atoms with E-state index in [1.165, 1.54) is 66.1 Å². The summed E-state index contributed by atoms with van der Waals surface area (Å²) >= 11 is 0. The van der Waals surface area contributed by atoms with Gasteiger partial charge in [-0.15, -0.1) is 0 Å². The third kappa shape index (κ3) is 5.64. The van der Waals surface area contributed by atoms with Crippen LogP contribution in [0.3, 0.4) is 0 Å². The fraction of sp³-hybridized carbons (Fsp3) is 0.0508. The Kier molecular flexibility index (Phi) is 7.92. The van der Waals surface area contributed by atoms with E-state index in [-0.39, 0.29) is 5.41 Å². The molecule has 1 aliphatic carbocycles. The SMILES string of the molecule is CC1(C)c2cc(-c3ccccc3)ccc2-c2ccc(N(c3ccc(-c4cccc5c4ccc4ccccc45)cc3)c3ccc(-c4cccc5c4oc4ccccc45)cc3)cc21. The number of rotatable bonds is 6. The van der Waals surface area contributed by atoms with Crippen LogP contribution in [0.15, 0.2) is 217 Å². The molecule has 0 aliphatic heterocycles. The lowest BCUT2D eigenvalue weighted by atomic mass is 9.81. The molecule has 0 saturated carbocycles. The van der Waals surface area contributed by atoms with E-state index in [4.69, 9.17) is 4.42 Å². The van der Waals surface area contributed by atoms with E-state index >= 15 is 0 Å². The quantitative estimate of drug-likeness (QED) is 0.156. The van der Waals surface area contributed by atoms with Crippen LogP contribution in [0, 0.1) is 0 Å². The Bertz CT molecular complexity index is 3480. The maximum atomic E-state index is 6.46. The summed E-state index contributed by atoms with van der Waals surface area (Å²) in [7, 11) is 0. The highest BCUT2D eigenvalue weighted by Gasteiger charge is 2.36. The van der Waals surface area contributed by atoms with Gasteiger partial charge in [0.1, 0.15) is 11.2 Å². The van der Waals surface area contributed by atoms with Gasteiger partial charge in [0.25, 0.3) is 0 Å². The number of fused-ring (bicyclic) bond motifs is 9. The van der Waals surface area contributed by atoms with Gasteiger partial charge in [-0.3, -0.25) is 0 Å². The summed E-state index contributed by atoms with van der Waals surface area (Å²) in [4.78, 5) is 2.40. The molecule has 2 nitrogen and oxygen atoms in total. The van der Waals surface area contributed by atoms with Crippen LogP contribution in [-0.2, 0) is 5.41 Å². The van der Waals surface area contributed by atoms with Gasteiger partial charge in [0.2, 0.25) is 0 Å². The van der Waals surface area contributed by atoms with Crippen LogP contribution < -0.4 is 4.90 Å². The number of furan rings is 1. The van der Waals surface area contributed by atoms with Crippen molar-refractivity contribution in [2.45, 2.75) is 19.3 Å². The zero-order valence-electron chi connectivity index (χ0n) is 34.1. The van der Waals surface area contributed by atoms with Crippen molar-refractivity contribution in [1.82, 2.24) is 0 Å². The summed E-state index contributed by atoms with van der Waals surface area (Å²) in [6.45, 7) is 4.74. The molecule has 1 heterocycles. The van der Waals surface area contributed by atoms with Gasteiger partial charge >= 0.3 is 0 Å². The molecule has 1 aromatic heterocycles. The molecule has 288 valence electrons. The number of nitrogens with zero attached hydrogens (tertiary/aromatic N) is 1. The average Bonchev–Trinajstić information content (AvgIpc) is 3.81. The highest BCUT2D eigenvalue weighted by atomic mass is 16.3. The normalized spacial score (nSPS) is 12.9. The van der Waals surface area contributed by atoms with Crippen molar-refractivity contribution >= 4 is 60.5 Å². The Hall–Kier alpha value is -7.68. The summed E-state index contributed by atoms with van der Waals surface area (Å²) < 4.78 is 6.46. The first-order chi connectivity index (χ1) is 30.0. The lowest BCUT2D eigenvalue weighted by Gasteiger charge is -2.28. The maximum absolute atomic E-state index is 6.46. The average molecular weight is 780 g/mol. The maximum Gasteiger partial charge on any atom is 0.143 e. The molecule has 0 N–H and O–H groups in total. The van der Waals surface area contributed by atoms with E-state index in [0.717, 1.165) is 50.1 Å². The number of para-hydroxylation sites is 2. The largest absolute Gasteiger partial charge is 0.455 e.